The number of rotatable bonds is 5. The van der Waals surface area contributed by atoms with Gasteiger partial charge in [-0.05, 0) is 37.6 Å². The largest absolute Gasteiger partial charge is 0.573 e. The fourth-order valence-electron chi connectivity index (χ4n) is 2.61. The summed E-state index contributed by atoms with van der Waals surface area (Å²) in [6.45, 7) is 2.24. The van der Waals surface area contributed by atoms with E-state index in [1.54, 1.807) is 12.1 Å². The Morgan fingerprint density at radius 3 is 2.50 bits per heavy atom. The molecular weight excluding hydrogens is 271 g/mol. The summed E-state index contributed by atoms with van der Waals surface area (Å²) < 4.78 is 45.6. The molecule has 2 rings (SSSR count). The molecule has 1 heterocycles. The van der Waals surface area contributed by atoms with E-state index >= 15 is 0 Å². The molecule has 1 aromatic rings. The number of alkyl halides is 3. The predicted octanol–water partition coefficient (Wildman–Crippen LogP) is 2.75. The van der Waals surface area contributed by atoms with Crippen LogP contribution in [-0.2, 0) is 11.2 Å². The second-order valence-electron chi connectivity index (χ2n) is 5.20. The lowest BCUT2D eigenvalue weighted by Gasteiger charge is -2.27. The fourth-order valence-corrected chi connectivity index (χ4v) is 2.61. The van der Waals surface area contributed by atoms with Crippen molar-refractivity contribution >= 4 is 0 Å². The second-order valence-corrected chi connectivity index (χ2v) is 5.20. The Morgan fingerprint density at radius 2 is 2.00 bits per heavy atom. The molecule has 0 amide bonds. The van der Waals surface area contributed by atoms with Gasteiger partial charge in [-0.2, -0.15) is 0 Å². The minimum Gasteiger partial charge on any atom is -0.406 e. The van der Waals surface area contributed by atoms with Crippen molar-refractivity contribution in [2.75, 3.05) is 26.8 Å². The van der Waals surface area contributed by atoms with Crippen molar-refractivity contribution in [3.63, 3.8) is 0 Å². The van der Waals surface area contributed by atoms with Crippen LogP contribution in [0.5, 0.6) is 5.75 Å². The Bertz CT molecular complexity index is 425. The predicted molar refractivity (Wildman–Crippen MR) is 68.6 cm³/mol. The highest BCUT2D eigenvalue weighted by Crippen LogP contribution is 2.33. The number of hydrogen-bond donors (Lipinski definition) is 1. The van der Waals surface area contributed by atoms with E-state index in [2.05, 4.69) is 10.1 Å². The maximum atomic E-state index is 12.1. The van der Waals surface area contributed by atoms with Crippen LogP contribution in [0.25, 0.3) is 0 Å². The van der Waals surface area contributed by atoms with Gasteiger partial charge < -0.3 is 14.8 Å². The average Bonchev–Trinajstić information content (AvgIpc) is 2.79. The van der Waals surface area contributed by atoms with Gasteiger partial charge in [0.15, 0.2) is 0 Å². The van der Waals surface area contributed by atoms with Crippen LogP contribution >= 0.6 is 0 Å². The van der Waals surface area contributed by atoms with Gasteiger partial charge in [-0.3, -0.25) is 0 Å². The number of nitrogens with one attached hydrogen (secondary N) is 1. The minimum absolute atomic E-state index is 0.0289. The standard InChI is InChI=1S/C14H18F3NO2/c1-18-9-13(6-7-19-10-13)8-11-2-4-12(5-3-11)20-14(15,16)17/h2-5,18H,6-10H2,1H3. The molecule has 1 N–H and O–H groups in total. The number of ether oxygens (including phenoxy) is 2. The summed E-state index contributed by atoms with van der Waals surface area (Å²) in [4.78, 5) is 0. The molecule has 0 spiro atoms. The van der Waals surface area contributed by atoms with Crippen molar-refractivity contribution in [1.82, 2.24) is 5.32 Å². The molecule has 1 aromatic carbocycles. The van der Waals surface area contributed by atoms with Crippen LogP contribution in [-0.4, -0.2) is 33.2 Å². The summed E-state index contributed by atoms with van der Waals surface area (Å²) in [6.07, 6.45) is -2.91. The van der Waals surface area contributed by atoms with E-state index in [0.717, 1.165) is 31.6 Å². The van der Waals surface area contributed by atoms with Gasteiger partial charge in [-0.15, -0.1) is 13.2 Å². The number of benzene rings is 1. The highest BCUT2D eigenvalue weighted by Gasteiger charge is 2.34. The van der Waals surface area contributed by atoms with Gasteiger partial charge >= 0.3 is 6.36 Å². The van der Waals surface area contributed by atoms with Crippen LogP contribution in [0.1, 0.15) is 12.0 Å². The van der Waals surface area contributed by atoms with E-state index in [4.69, 9.17) is 4.74 Å². The molecule has 1 unspecified atom stereocenters. The monoisotopic (exact) mass is 289 g/mol. The molecule has 1 fully saturated rings. The summed E-state index contributed by atoms with van der Waals surface area (Å²) >= 11 is 0. The number of halogens is 3. The summed E-state index contributed by atoms with van der Waals surface area (Å²) in [5.41, 5.74) is 1.02. The van der Waals surface area contributed by atoms with Gasteiger partial charge in [0.25, 0.3) is 0 Å². The molecule has 0 bridgehead atoms. The highest BCUT2D eigenvalue weighted by atomic mass is 19.4. The lowest BCUT2D eigenvalue weighted by molar-refractivity contribution is -0.274. The zero-order valence-electron chi connectivity index (χ0n) is 11.3. The van der Waals surface area contributed by atoms with E-state index in [1.807, 2.05) is 7.05 Å². The molecule has 1 aliphatic heterocycles. The molecular formula is C14H18F3NO2. The SMILES string of the molecule is CNCC1(Cc2ccc(OC(F)(F)F)cc2)CCOC1. The summed E-state index contributed by atoms with van der Waals surface area (Å²) in [6, 6.07) is 6.06. The van der Waals surface area contributed by atoms with Crippen molar-refractivity contribution in [2.24, 2.45) is 5.41 Å². The van der Waals surface area contributed by atoms with E-state index in [-0.39, 0.29) is 11.2 Å². The van der Waals surface area contributed by atoms with Crippen molar-refractivity contribution in [1.29, 1.82) is 0 Å². The highest BCUT2D eigenvalue weighted by molar-refractivity contribution is 5.28. The third-order valence-electron chi connectivity index (χ3n) is 3.47. The van der Waals surface area contributed by atoms with Crippen LogP contribution in [0.2, 0.25) is 0 Å². The van der Waals surface area contributed by atoms with Gasteiger partial charge in [0.05, 0.1) is 6.61 Å². The first kappa shape index (κ1) is 15.1. The topological polar surface area (TPSA) is 30.5 Å². The molecule has 0 aromatic heterocycles. The third-order valence-corrected chi connectivity index (χ3v) is 3.47. The maximum absolute atomic E-state index is 12.1. The lowest BCUT2D eigenvalue weighted by atomic mass is 9.81. The van der Waals surface area contributed by atoms with Crippen LogP contribution in [0, 0.1) is 5.41 Å². The molecule has 112 valence electrons. The Morgan fingerprint density at radius 1 is 1.30 bits per heavy atom. The van der Waals surface area contributed by atoms with Crippen LogP contribution in [0.15, 0.2) is 24.3 Å². The van der Waals surface area contributed by atoms with Crippen molar-refractivity contribution < 1.29 is 22.6 Å². The van der Waals surface area contributed by atoms with E-state index in [1.165, 1.54) is 12.1 Å². The molecule has 0 radical (unpaired) electrons. The first-order chi connectivity index (χ1) is 9.42. The first-order valence-electron chi connectivity index (χ1n) is 6.50. The maximum Gasteiger partial charge on any atom is 0.573 e. The molecule has 1 atom stereocenters. The van der Waals surface area contributed by atoms with Gasteiger partial charge in [-0.25, -0.2) is 0 Å². The molecule has 3 nitrogen and oxygen atoms in total. The average molecular weight is 289 g/mol. The molecule has 0 aliphatic carbocycles. The van der Waals surface area contributed by atoms with Crippen molar-refractivity contribution in [3.05, 3.63) is 29.8 Å². The Hall–Kier alpha value is -1.27. The van der Waals surface area contributed by atoms with Crippen molar-refractivity contribution in [2.45, 2.75) is 19.2 Å². The molecule has 1 aliphatic rings. The van der Waals surface area contributed by atoms with Gasteiger partial charge in [0.1, 0.15) is 5.75 Å². The van der Waals surface area contributed by atoms with Crippen molar-refractivity contribution in [3.8, 4) is 5.75 Å². The number of hydrogen-bond acceptors (Lipinski definition) is 3. The molecule has 0 saturated carbocycles. The van der Waals surface area contributed by atoms with E-state index < -0.39 is 6.36 Å². The Labute approximate surface area is 116 Å². The third kappa shape index (κ3) is 4.11. The lowest BCUT2D eigenvalue weighted by Crippen LogP contribution is -2.35. The van der Waals surface area contributed by atoms with Gasteiger partial charge in [0, 0.05) is 18.6 Å². The summed E-state index contributed by atoms with van der Waals surface area (Å²) in [5, 5.41) is 3.16. The van der Waals surface area contributed by atoms with Gasteiger partial charge in [0.2, 0.25) is 0 Å². The van der Waals surface area contributed by atoms with E-state index in [0.29, 0.717) is 6.61 Å². The normalized spacial score (nSPS) is 23.0. The molecule has 1 saturated heterocycles. The summed E-state index contributed by atoms with van der Waals surface area (Å²) in [5.74, 6) is -0.188. The summed E-state index contributed by atoms with van der Waals surface area (Å²) in [7, 11) is 1.89. The fraction of sp³-hybridized carbons (Fsp3) is 0.571. The zero-order chi connectivity index (χ0) is 14.6. The Balaban J connectivity index is 2.02. The quantitative estimate of drug-likeness (QED) is 0.904. The van der Waals surface area contributed by atoms with Crippen LogP contribution < -0.4 is 10.1 Å². The smallest absolute Gasteiger partial charge is 0.406 e. The van der Waals surface area contributed by atoms with Crippen LogP contribution in [0.3, 0.4) is 0 Å². The second kappa shape index (κ2) is 6.01. The van der Waals surface area contributed by atoms with Gasteiger partial charge in [-0.1, -0.05) is 12.1 Å². The van der Waals surface area contributed by atoms with E-state index in [9.17, 15) is 13.2 Å². The zero-order valence-corrected chi connectivity index (χ0v) is 11.3. The minimum atomic E-state index is -4.64. The molecule has 20 heavy (non-hydrogen) atoms. The molecule has 6 heteroatoms. The first-order valence-corrected chi connectivity index (χ1v) is 6.50. The van der Waals surface area contributed by atoms with Crippen LogP contribution in [0.4, 0.5) is 13.2 Å². The Kier molecular flexibility index (Phi) is 4.55.